The summed E-state index contributed by atoms with van der Waals surface area (Å²) in [5.74, 6) is 1.05. The third kappa shape index (κ3) is 3.54. The van der Waals surface area contributed by atoms with Crippen molar-refractivity contribution >= 4 is 49.1 Å². The van der Waals surface area contributed by atoms with E-state index < -0.39 is 9.84 Å². The normalized spacial score (nSPS) is 21.6. The number of hydrogen-bond acceptors (Lipinski definition) is 7. The average Bonchev–Trinajstić information content (AvgIpc) is 3.18. The van der Waals surface area contributed by atoms with Gasteiger partial charge in [-0.2, -0.15) is 0 Å². The van der Waals surface area contributed by atoms with Gasteiger partial charge in [0, 0.05) is 16.3 Å². The SMILES string of the molecule is Cc1nc(SCC(=O)N[C@H]2CCS(=O)(=O)C2)c2c3c(sc2n1)CCC3. The molecule has 1 saturated heterocycles. The van der Waals surface area contributed by atoms with E-state index in [1.807, 2.05) is 6.92 Å². The minimum atomic E-state index is -2.98. The lowest BCUT2D eigenvalue weighted by atomic mass is 10.2. The van der Waals surface area contributed by atoms with Crippen LogP contribution in [0.15, 0.2) is 5.03 Å². The Morgan fingerprint density at radius 3 is 2.96 bits per heavy atom. The molecular weight excluding hydrogens is 378 g/mol. The van der Waals surface area contributed by atoms with Crippen molar-refractivity contribution in [3.8, 4) is 0 Å². The first-order valence-corrected chi connectivity index (χ1v) is 11.9. The van der Waals surface area contributed by atoms with Gasteiger partial charge >= 0.3 is 0 Å². The van der Waals surface area contributed by atoms with E-state index in [9.17, 15) is 13.2 Å². The van der Waals surface area contributed by atoms with Crippen LogP contribution in [0.2, 0.25) is 0 Å². The predicted molar refractivity (Wildman–Crippen MR) is 100 cm³/mol. The Hall–Kier alpha value is -1.19. The first-order valence-electron chi connectivity index (χ1n) is 8.33. The largest absolute Gasteiger partial charge is 0.352 e. The number of nitrogens with one attached hydrogen (secondary N) is 1. The predicted octanol–water partition coefficient (Wildman–Crippen LogP) is 1.88. The van der Waals surface area contributed by atoms with E-state index in [1.165, 1.54) is 28.6 Å². The molecule has 1 amide bonds. The molecule has 0 spiro atoms. The molecular formula is C16H19N3O3S3. The Bertz CT molecular complexity index is 952. The van der Waals surface area contributed by atoms with E-state index in [0.29, 0.717) is 6.42 Å². The second kappa shape index (κ2) is 6.51. The number of carbonyl (C=O) groups excluding carboxylic acids is 1. The molecule has 0 radical (unpaired) electrons. The van der Waals surface area contributed by atoms with Gasteiger partial charge in [-0.3, -0.25) is 4.79 Å². The summed E-state index contributed by atoms with van der Waals surface area (Å²) in [6.45, 7) is 1.87. The number of sulfone groups is 1. The molecule has 2 aromatic rings. The van der Waals surface area contributed by atoms with Crippen LogP contribution < -0.4 is 5.32 Å². The number of thiophene rings is 1. The summed E-state index contributed by atoms with van der Waals surface area (Å²) in [7, 11) is -2.98. The highest BCUT2D eigenvalue weighted by Crippen LogP contribution is 2.40. The van der Waals surface area contributed by atoms with Crippen LogP contribution in [0.5, 0.6) is 0 Å². The van der Waals surface area contributed by atoms with Gasteiger partial charge in [0.15, 0.2) is 9.84 Å². The van der Waals surface area contributed by atoms with Gasteiger partial charge in [0.1, 0.15) is 15.7 Å². The Labute approximate surface area is 154 Å². The van der Waals surface area contributed by atoms with Crippen LogP contribution >= 0.6 is 23.1 Å². The molecule has 0 bridgehead atoms. The molecule has 1 N–H and O–H groups in total. The fraction of sp³-hybridized carbons (Fsp3) is 0.562. The number of aromatic nitrogens is 2. The zero-order valence-electron chi connectivity index (χ0n) is 13.9. The molecule has 2 aliphatic rings. The highest BCUT2D eigenvalue weighted by molar-refractivity contribution is 8.00. The molecule has 0 unspecified atom stereocenters. The second-order valence-corrected chi connectivity index (χ2v) is 10.8. The fourth-order valence-electron chi connectivity index (χ4n) is 3.48. The average molecular weight is 398 g/mol. The Morgan fingerprint density at radius 1 is 1.36 bits per heavy atom. The maximum absolute atomic E-state index is 12.2. The summed E-state index contributed by atoms with van der Waals surface area (Å²) in [6, 6.07) is -0.254. The molecule has 2 aromatic heterocycles. The Kier molecular flexibility index (Phi) is 4.49. The summed E-state index contributed by atoms with van der Waals surface area (Å²) in [5.41, 5.74) is 1.35. The highest BCUT2D eigenvalue weighted by Gasteiger charge is 2.29. The number of carbonyl (C=O) groups is 1. The van der Waals surface area contributed by atoms with E-state index in [1.54, 1.807) is 11.3 Å². The van der Waals surface area contributed by atoms with Crippen molar-refractivity contribution in [1.29, 1.82) is 0 Å². The smallest absolute Gasteiger partial charge is 0.230 e. The van der Waals surface area contributed by atoms with Crippen LogP contribution in [0.4, 0.5) is 0 Å². The second-order valence-electron chi connectivity index (χ2n) is 6.57. The minimum absolute atomic E-state index is 0.0539. The highest BCUT2D eigenvalue weighted by atomic mass is 32.2. The molecule has 3 heterocycles. The minimum Gasteiger partial charge on any atom is -0.352 e. The van der Waals surface area contributed by atoms with E-state index in [2.05, 4.69) is 15.3 Å². The summed E-state index contributed by atoms with van der Waals surface area (Å²) in [5, 5.41) is 4.82. The molecule has 6 nitrogen and oxygen atoms in total. The van der Waals surface area contributed by atoms with E-state index >= 15 is 0 Å². The van der Waals surface area contributed by atoms with Gasteiger partial charge in [0.05, 0.1) is 17.3 Å². The Balaban J connectivity index is 1.48. The summed E-state index contributed by atoms with van der Waals surface area (Å²) in [4.78, 5) is 23.7. The fourth-order valence-corrected chi connectivity index (χ4v) is 7.44. The van der Waals surface area contributed by atoms with Gasteiger partial charge in [-0.25, -0.2) is 18.4 Å². The van der Waals surface area contributed by atoms with Crippen LogP contribution in [-0.4, -0.2) is 47.6 Å². The van der Waals surface area contributed by atoms with E-state index in [-0.39, 0.29) is 29.2 Å². The first kappa shape index (κ1) is 17.2. The van der Waals surface area contributed by atoms with Crippen molar-refractivity contribution in [3.05, 3.63) is 16.3 Å². The standard InChI is InChI=1S/C16H19N3O3S3/c1-9-17-15(14-11-3-2-4-12(11)24-16(14)18-9)23-7-13(20)19-10-5-6-25(21,22)8-10/h10H,2-8H2,1H3,(H,19,20)/t10-/m0/s1. The lowest BCUT2D eigenvalue weighted by molar-refractivity contribution is -0.119. The van der Waals surface area contributed by atoms with Crippen LogP contribution in [0, 0.1) is 6.92 Å². The number of aryl methyl sites for hydroxylation is 3. The van der Waals surface area contributed by atoms with Gasteiger partial charge in [-0.05, 0) is 38.2 Å². The molecule has 1 fully saturated rings. The lowest BCUT2D eigenvalue weighted by Gasteiger charge is -2.11. The molecule has 134 valence electrons. The number of fused-ring (bicyclic) bond motifs is 3. The van der Waals surface area contributed by atoms with Crippen LogP contribution in [-0.2, 0) is 27.5 Å². The first-order chi connectivity index (χ1) is 11.9. The number of amides is 1. The van der Waals surface area contributed by atoms with Crippen LogP contribution in [0.1, 0.15) is 29.1 Å². The van der Waals surface area contributed by atoms with E-state index in [0.717, 1.165) is 33.9 Å². The van der Waals surface area contributed by atoms with Crippen molar-refractivity contribution < 1.29 is 13.2 Å². The lowest BCUT2D eigenvalue weighted by Crippen LogP contribution is -2.36. The maximum atomic E-state index is 12.2. The van der Waals surface area contributed by atoms with Crippen molar-refractivity contribution in [1.82, 2.24) is 15.3 Å². The zero-order chi connectivity index (χ0) is 17.6. The zero-order valence-corrected chi connectivity index (χ0v) is 16.3. The van der Waals surface area contributed by atoms with Crippen molar-refractivity contribution in [3.63, 3.8) is 0 Å². The third-order valence-electron chi connectivity index (χ3n) is 4.58. The van der Waals surface area contributed by atoms with Crippen molar-refractivity contribution in [2.45, 2.75) is 43.7 Å². The monoisotopic (exact) mass is 397 g/mol. The quantitative estimate of drug-likeness (QED) is 0.626. The summed E-state index contributed by atoms with van der Waals surface area (Å²) < 4.78 is 23.0. The van der Waals surface area contributed by atoms with Gasteiger partial charge in [-0.15, -0.1) is 11.3 Å². The number of hydrogen-bond donors (Lipinski definition) is 1. The molecule has 9 heteroatoms. The molecule has 1 atom stereocenters. The van der Waals surface area contributed by atoms with E-state index in [4.69, 9.17) is 0 Å². The third-order valence-corrected chi connectivity index (χ3v) is 8.51. The molecule has 4 rings (SSSR count). The van der Waals surface area contributed by atoms with Crippen LogP contribution in [0.25, 0.3) is 10.2 Å². The number of nitrogens with zero attached hydrogens (tertiary/aromatic N) is 2. The van der Waals surface area contributed by atoms with Gasteiger partial charge in [0.25, 0.3) is 0 Å². The van der Waals surface area contributed by atoms with Gasteiger partial charge in [0.2, 0.25) is 5.91 Å². The summed E-state index contributed by atoms with van der Waals surface area (Å²) in [6.07, 6.45) is 3.84. The topological polar surface area (TPSA) is 89.0 Å². The molecule has 25 heavy (non-hydrogen) atoms. The van der Waals surface area contributed by atoms with Crippen molar-refractivity contribution in [2.75, 3.05) is 17.3 Å². The molecule has 0 saturated carbocycles. The van der Waals surface area contributed by atoms with Crippen molar-refractivity contribution in [2.24, 2.45) is 0 Å². The summed E-state index contributed by atoms with van der Waals surface area (Å²) >= 11 is 3.16. The van der Waals surface area contributed by atoms with Gasteiger partial charge < -0.3 is 5.32 Å². The van der Waals surface area contributed by atoms with Gasteiger partial charge in [-0.1, -0.05) is 11.8 Å². The molecule has 0 aromatic carbocycles. The molecule has 1 aliphatic carbocycles. The number of thioether (sulfide) groups is 1. The Morgan fingerprint density at radius 2 is 2.20 bits per heavy atom. The van der Waals surface area contributed by atoms with Crippen LogP contribution in [0.3, 0.4) is 0 Å². The maximum Gasteiger partial charge on any atom is 0.230 e. The number of rotatable bonds is 4. The molecule has 1 aliphatic heterocycles.